The average molecular weight is 332 g/mol. The van der Waals surface area contributed by atoms with Gasteiger partial charge in [0.05, 0.1) is 0 Å². The second-order valence-corrected chi connectivity index (χ2v) is 6.45. The molecular formula is C19H28N2O3. The van der Waals surface area contributed by atoms with Gasteiger partial charge in [-0.05, 0) is 50.5 Å². The van der Waals surface area contributed by atoms with Crippen LogP contribution in [0.15, 0.2) is 30.3 Å². The van der Waals surface area contributed by atoms with Crippen molar-refractivity contribution in [3.05, 3.63) is 35.9 Å². The Bertz CT molecular complexity index is 519. The van der Waals surface area contributed by atoms with E-state index in [1.807, 2.05) is 11.0 Å². The van der Waals surface area contributed by atoms with Gasteiger partial charge >= 0.3 is 12.0 Å². The molecule has 0 radical (unpaired) electrons. The molecule has 1 aromatic rings. The Morgan fingerprint density at radius 1 is 1.17 bits per heavy atom. The second-order valence-electron chi connectivity index (χ2n) is 6.45. The third kappa shape index (κ3) is 6.22. The predicted octanol–water partition coefficient (Wildman–Crippen LogP) is 3.44. The number of carbonyl (C=O) groups is 2. The van der Waals surface area contributed by atoms with E-state index in [0.717, 1.165) is 38.6 Å². The number of aryl methyl sites for hydroxylation is 1. The second kappa shape index (κ2) is 9.96. The molecule has 1 aliphatic heterocycles. The van der Waals surface area contributed by atoms with Crippen LogP contribution in [0, 0.1) is 0 Å². The number of piperidine rings is 1. The molecule has 0 saturated carbocycles. The Hall–Kier alpha value is -2.04. The van der Waals surface area contributed by atoms with E-state index >= 15 is 0 Å². The van der Waals surface area contributed by atoms with Crippen molar-refractivity contribution in [3.8, 4) is 0 Å². The van der Waals surface area contributed by atoms with E-state index < -0.39 is 5.97 Å². The Kier molecular flexibility index (Phi) is 7.59. The third-order valence-electron chi connectivity index (χ3n) is 4.58. The minimum atomic E-state index is -0.819. The molecule has 1 aromatic carbocycles. The van der Waals surface area contributed by atoms with E-state index in [2.05, 4.69) is 29.6 Å². The van der Waals surface area contributed by atoms with E-state index in [4.69, 9.17) is 5.11 Å². The largest absolute Gasteiger partial charge is 0.481 e. The smallest absolute Gasteiger partial charge is 0.317 e. The maximum Gasteiger partial charge on any atom is 0.317 e. The van der Waals surface area contributed by atoms with Crippen molar-refractivity contribution in [1.29, 1.82) is 0 Å². The van der Waals surface area contributed by atoms with Crippen LogP contribution in [-0.2, 0) is 11.2 Å². The van der Waals surface area contributed by atoms with Crippen molar-refractivity contribution in [2.45, 2.75) is 57.4 Å². The Morgan fingerprint density at radius 2 is 1.96 bits per heavy atom. The first-order valence-electron chi connectivity index (χ1n) is 8.97. The summed E-state index contributed by atoms with van der Waals surface area (Å²) in [5.41, 5.74) is 1.35. The number of aliphatic carboxylic acids is 1. The summed E-state index contributed by atoms with van der Waals surface area (Å²) < 4.78 is 0. The molecule has 5 heteroatoms. The van der Waals surface area contributed by atoms with Crippen LogP contribution in [0.4, 0.5) is 4.79 Å². The number of nitrogens with zero attached hydrogens (tertiary/aromatic N) is 1. The van der Waals surface area contributed by atoms with Crippen molar-refractivity contribution >= 4 is 12.0 Å². The van der Waals surface area contributed by atoms with E-state index in [1.54, 1.807) is 0 Å². The molecule has 2 rings (SSSR count). The molecule has 2 amide bonds. The number of carboxylic acid groups (broad SMARTS) is 1. The number of urea groups is 1. The monoisotopic (exact) mass is 332 g/mol. The first-order valence-corrected chi connectivity index (χ1v) is 8.97. The number of hydrogen-bond acceptors (Lipinski definition) is 2. The fourth-order valence-corrected chi connectivity index (χ4v) is 3.29. The van der Waals surface area contributed by atoms with E-state index in [9.17, 15) is 9.59 Å². The molecule has 0 bridgehead atoms. The lowest BCUT2D eigenvalue weighted by atomic mass is 9.96. The van der Waals surface area contributed by atoms with Gasteiger partial charge in [-0.3, -0.25) is 4.79 Å². The molecule has 2 N–H and O–H groups in total. The highest BCUT2D eigenvalue weighted by atomic mass is 16.4. The molecular weight excluding hydrogens is 304 g/mol. The van der Waals surface area contributed by atoms with Gasteiger partial charge in [0.1, 0.15) is 0 Å². The Labute approximate surface area is 144 Å². The quantitative estimate of drug-likeness (QED) is 0.717. The molecule has 132 valence electrons. The zero-order valence-electron chi connectivity index (χ0n) is 14.2. The van der Waals surface area contributed by atoms with Gasteiger partial charge in [-0.25, -0.2) is 4.79 Å². The summed E-state index contributed by atoms with van der Waals surface area (Å²) in [6, 6.07) is 10.7. The SMILES string of the molecule is O=C(O)CCCNC(=O)N1CCCCC1CCCc1ccccc1. The zero-order chi connectivity index (χ0) is 17.2. The lowest BCUT2D eigenvalue weighted by Crippen LogP contribution is -2.48. The Morgan fingerprint density at radius 3 is 2.71 bits per heavy atom. The maximum atomic E-state index is 12.4. The van der Waals surface area contributed by atoms with Crippen LogP contribution in [0.3, 0.4) is 0 Å². The van der Waals surface area contributed by atoms with Gasteiger partial charge in [-0.15, -0.1) is 0 Å². The summed E-state index contributed by atoms with van der Waals surface area (Å²) in [5, 5.41) is 11.5. The van der Waals surface area contributed by atoms with E-state index in [0.29, 0.717) is 19.0 Å². The molecule has 1 saturated heterocycles. The summed E-state index contributed by atoms with van der Waals surface area (Å²) in [4.78, 5) is 24.8. The number of likely N-dealkylation sites (tertiary alicyclic amines) is 1. The molecule has 1 atom stereocenters. The molecule has 0 spiro atoms. The Balaban J connectivity index is 1.74. The topological polar surface area (TPSA) is 69.6 Å². The summed E-state index contributed by atoms with van der Waals surface area (Å²) in [6.45, 7) is 1.24. The summed E-state index contributed by atoms with van der Waals surface area (Å²) >= 11 is 0. The molecule has 0 aliphatic carbocycles. The highest BCUT2D eigenvalue weighted by Crippen LogP contribution is 2.22. The molecule has 1 aliphatic rings. The van der Waals surface area contributed by atoms with Crippen molar-refractivity contribution in [2.75, 3.05) is 13.1 Å². The van der Waals surface area contributed by atoms with Crippen LogP contribution in [-0.4, -0.2) is 41.1 Å². The number of amides is 2. The van der Waals surface area contributed by atoms with Crippen LogP contribution in [0.1, 0.15) is 50.5 Å². The fourth-order valence-electron chi connectivity index (χ4n) is 3.29. The van der Waals surface area contributed by atoms with Gasteiger partial charge in [0, 0.05) is 25.6 Å². The van der Waals surface area contributed by atoms with Gasteiger partial charge in [-0.2, -0.15) is 0 Å². The maximum absolute atomic E-state index is 12.4. The molecule has 1 heterocycles. The van der Waals surface area contributed by atoms with Crippen LogP contribution in [0.25, 0.3) is 0 Å². The number of carboxylic acids is 1. The number of carbonyl (C=O) groups excluding carboxylic acids is 1. The molecule has 24 heavy (non-hydrogen) atoms. The minimum absolute atomic E-state index is 0.0372. The summed E-state index contributed by atoms with van der Waals surface area (Å²) in [5.74, 6) is -0.819. The summed E-state index contributed by atoms with van der Waals surface area (Å²) in [6.07, 6.45) is 7.03. The van der Waals surface area contributed by atoms with Crippen LogP contribution in [0.5, 0.6) is 0 Å². The van der Waals surface area contributed by atoms with Crippen molar-refractivity contribution in [3.63, 3.8) is 0 Å². The van der Waals surface area contributed by atoms with Crippen LogP contribution < -0.4 is 5.32 Å². The normalized spacial score (nSPS) is 17.5. The first kappa shape index (κ1) is 18.3. The van der Waals surface area contributed by atoms with Gasteiger partial charge in [-0.1, -0.05) is 30.3 Å². The van der Waals surface area contributed by atoms with Crippen LogP contribution >= 0.6 is 0 Å². The minimum Gasteiger partial charge on any atom is -0.481 e. The zero-order valence-corrected chi connectivity index (χ0v) is 14.2. The van der Waals surface area contributed by atoms with Crippen molar-refractivity contribution in [1.82, 2.24) is 10.2 Å². The lowest BCUT2D eigenvalue weighted by molar-refractivity contribution is -0.137. The van der Waals surface area contributed by atoms with Gasteiger partial charge in [0.2, 0.25) is 0 Å². The lowest BCUT2D eigenvalue weighted by Gasteiger charge is -2.36. The highest BCUT2D eigenvalue weighted by molar-refractivity contribution is 5.74. The average Bonchev–Trinajstić information content (AvgIpc) is 2.60. The van der Waals surface area contributed by atoms with E-state index in [1.165, 1.54) is 12.0 Å². The van der Waals surface area contributed by atoms with Crippen LogP contribution in [0.2, 0.25) is 0 Å². The van der Waals surface area contributed by atoms with Gasteiger partial charge < -0.3 is 15.3 Å². The number of benzene rings is 1. The predicted molar refractivity (Wildman–Crippen MR) is 94.0 cm³/mol. The first-order chi connectivity index (χ1) is 11.7. The number of hydrogen-bond donors (Lipinski definition) is 2. The van der Waals surface area contributed by atoms with E-state index in [-0.39, 0.29) is 12.5 Å². The van der Waals surface area contributed by atoms with Gasteiger partial charge in [0.25, 0.3) is 0 Å². The standard InChI is InChI=1S/C19H28N2O3/c22-18(23)13-7-14-20-19(24)21-15-5-4-11-17(21)12-6-10-16-8-2-1-3-9-16/h1-3,8-9,17H,4-7,10-15H2,(H,20,24)(H,22,23). The highest BCUT2D eigenvalue weighted by Gasteiger charge is 2.25. The van der Waals surface area contributed by atoms with Crippen molar-refractivity contribution in [2.24, 2.45) is 0 Å². The number of nitrogens with one attached hydrogen (secondary N) is 1. The van der Waals surface area contributed by atoms with Crippen molar-refractivity contribution < 1.29 is 14.7 Å². The molecule has 0 aromatic heterocycles. The molecule has 5 nitrogen and oxygen atoms in total. The van der Waals surface area contributed by atoms with Gasteiger partial charge in [0.15, 0.2) is 0 Å². The molecule has 1 unspecified atom stereocenters. The fraction of sp³-hybridized carbons (Fsp3) is 0.579. The summed E-state index contributed by atoms with van der Waals surface area (Å²) in [7, 11) is 0. The third-order valence-corrected chi connectivity index (χ3v) is 4.58. The number of rotatable bonds is 8. The molecule has 1 fully saturated rings.